The summed E-state index contributed by atoms with van der Waals surface area (Å²) >= 11 is 0. The maximum Gasteiger partial charge on any atom is 0.197 e. The number of carbonyl (C=O) groups excluding carboxylic acids is 2. The van der Waals surface area contributed by atoms with Gasteiger partial charge in [-0.3, -0.25) is 9.59 Å². The zero-order valence-electron chi connectivity index (χ0n) is 15.9. The summed E-state index contributed by atoms with van der Waals surface area (Å²) < 4.78 is 4.06. The van der Waals surface area contributed by atoms with Crippen LogP contribution in [0, 0.1) is 13.8 Å². The summed E-state index contributed by atoms with van der Waals surface area (Å²) in [4.78, 5) is 25.4. The van der Waals surface area contributed by atoms with Crippen molar-refractivity contribution in [1.29, 1.82) is 0 Å². The van der Waals surface area contributed by atoms with Crippen molar-refractivity contribution in [2.75, 3.05) is 0 Å². The van der Waals surface area contributed by atoms with Crippen LogP contribution in [0.25, 0.3) is 11.9 Å². The van der Waals surface area contributed by atoms with Crippen molar-refractivity contribution in [3.63, 3.8) is 0 Å². The van der Waals surface area contributed by atoms with E-state index in [1.54, 1.807) is 36.5 Å². The molecular weight excluding hydrogens is 338 g/mol. The van der Waals surface area contributed by atoms with E-state index in [0.717, 1.165) is 22.8 Å². The standard InChI is InChI=1S/C22H21N3O2/c1-13(2)25-20(9-10-23-25)24-14(3)11-16(15(24)4)12-19-21(26)17-7-5-6-8-18(17)22(19)27/h5-13H,1-4H3. The van der Waals surface area contributed by atoms with Gasteiger partial charge in [0.2, 0.25) is 0 Å². The number of Topliss-reactive ketones (excluding diaryl/α,β-unsaturated/α-hetero) is 2. The van der Waals surface area contributed by atoms with Crippen LogP contribution in [0.4, 0.5) is 0 Å². The normalized spacial score (nSPS) is 13.6. The summed E-state index contributed by atoms with van der Waals surface area (Å²) in [5.74, 6) is 0.567. The van der Waals surface area contributed by atoms with E-state index in [1.165, 1.54) is 0 Å². The number of fused-ring (bicyclic) bond motifs is 1. The van der Waals surface area contributed by atoms with Crippen molar-refractivity contribution < 1.29 is 9.59 Å². The van der Waals surface area contributed by atoms with E-state index in [4.69, 9.17) is 0 Å². The number of aryl methyl sites for hydroxylation is 1. The van der Waals surface area contributed by atoms with E-state index in [2.05, 4.69) is 23.5 Å². The second-order valence-electron chi connectivity index (χ2n) is 7.15. The number of hydrogen-bond acceptors (Lipinski definition) is 3. The van der Waals surface area contributed by atoms with E-state index < -0.39 is 0 Å². The molecule has 2 heterocycles. The summed E-state index contributed by atoms with van der Waals surface area (Å²) in [5, 5.41) is 4.41. The molecule has 0 N–H and O–H groups in total. The fourth-order valence-corrected chi connectivity index (χ4v) is 3.73. The summed E-state index contributed by atoms with van der Waals surface area (Å²) in [6.07, 6.45) is 3.51. The molecule has 0 aliphatic heterocycles. The van der Waals surface area contributed by atoms with Gasteiger partial charge < -0.3 is 4.57 Å². The van der Waals surface area contributed by atoms with Crippen LogP contribution in [-0.4, -0.2) is 25.9 Å². The first-order chi connectivity index (χ1) is 12.9. The third-order valence-electron chi connectivity index (χ3n) is 5.04. The van der Waals surface area contributed by atoms with Gasteiger partial charge in [-0.2, -0.15) is 5.10 Å². The van der Waals surface area contributed by atoms with Crippen molar-refractivity contribution in [3.05, 3.63) is 76.2 Å². The Balaban J connectivity index is 1.82. The molecule has 0 amide bonds. The molecule has 0 bridgehead atoms. The molecule has 27 heavy (non-hydrogen) atoms. The smallest absolute Gasteiger partial charge is 0.197 e. The lowest BCUT2D eigenvalue weighted by molar-refractivity contribution is 0.0990. The molecule has 5 nitrogen and oxygen atoms in total. The Morgan fingerprint density at radius 2 is 1.63 bits per heavy atom. The van der Waals surface area contributed by atoms with Crippen molar-refractivity contribution >= 4 is 17.6 Å². The largest absolute Gasteiger partial charge is 0.303 e. The predicted octanol–water partition coefficient (Wildman–Crippen LogP) is 4.33. The number of aromatic nitrogens is 3. The van der Waals surface area contributed by atoms with E-state index >= 15 is 0 Å². The highest BCUT2D eigenvalue weighted by Gasteiger charge is 2.32. The van der Waals surface area contributed by atoms with Crippen LogP contribution >= 0.6 is 0 Å². The number of hydrogen-bond donors (Lipinski definition) is 0. The molecule has 1 aliphatic carbocycles. The van der Waals surface area contributed by atoms with E-state index in [9.17, 15) is 9.59 Å². The molecule has 0 radical (unpaired) electrons. The lowest BCUT2D eigenvalue weighted by atomic mass is 10.1. The van der Waals surface area contributed by atoms with Crippen molar-refractivity contribution in [2.45, 2.75) is 33.7 Å². The minimum atomic E-state index is -0.201. The molecule has 1 aliphatic rings. The van der Waals surface area contributed by atoms with Gasteiger partial charge in [0.1, 0.15) is 5.82 Å². The van der Waals surface area contributed by atoms with Crippen LogP contribution in [-0.2, 0) is 0 Å². The van der Waals surface area contributed by atoms with Crippen LogP contribution in [0.15, 0.2) is 48.2 Å². The van der Waals surface area contributed by atoms with Gasteiger partial charge in [0.05, 0.1) is 11.8 Å². The zero-order chi connectivity index (χ0) is 19.3. The molecule has 0 saturated heterocycles. The van der Waals surface area contributed by atoms with Crippen LogP contribution in [0.2, 0.25) is 0 Å². The first-order valence-corrected chi connectivity index (χ1v) is 9.03. The number of rotatable bonds is 3. The van der Waals surface area contributed by atoms with Gasteiger partial charge in [0.15, 0.2) is 11.6 Å². The fraction of sp³-hybridized carbons (Fsp3) is 0.227. The highest BCUT2D eigenvalue weighted by atomic mass is 16.2. The van der Waals surface area contributed by atoms with Crippen LogP contribution in [0.3, 0.4) is 0 Å². The molecule has 3 aromatic rings. The SMILES string of the molecule is Cc1cc(C=C2C(=O)c3ccccc3C2=O)c(C)n1-c1ccnn1C(C)C. The number of nitrogens with zero attached hydrogens (tertiary/aromatic N) is 3. The summed E-state index contributed by atoms with van der Waals surface area (Å²) in [6, 6.07) is 11.2. The summed E-state index contributed by atoms with van der Waals surface area (Å²) in [7, 11) is 0. The van der Waals surface area contributed by atoms with Crippen molar-refractivity contribution in [3.8, 4) is 5.82 Å². The average molecular weight is 359 g/mol. The molecule has 0 unspecified atom stereocenters. The van der Waals surface area contributed by atoms with Crippen molar-refractivity contribution in [1.82, 2.24) is 14.3 Å². The van der Waals surface area contributed by atoms with Gasteiger partial charge in [0, 0.05) is 34.6 Å². The average Bonchev–Trinajstić information content (AvgIpc) is 3.28. The first kappa shape index (κ1) is 17.2. The molecule has 0 saturated carbocycles. The number of ketones is 2. The molecule has 5 heteroatoms. The molecular formula is C22H21N3O2. The second kappa shape index (κ2) is 6.20. The summed E-state index contributed by atoms with van der Waals surface area (Å²) in [5.41, 5.74) is 4.07. The van der Waals surface area contributed by atoms with E-state index in [0.29, 0.717) is 11.1 Å². The third kappa shape index (κ3) is 2.58. The van der Waals surface area contributed by atoms with Gasteiger partial charge in [-0.25, -0.2) is 4.68 Å². The Labute approximate surface area is 157 Å². The number of benzene rings is 1. The Morgan fingerprint density at radius 1 is 1.00 bits per heavy atom. The molecule has 0 atom stereocenters. The zero-order valence-corrected chi connectivity index (χ0v) is 15.9. The maximum atomic E-state index is 12.7. The van der Waals surface area contributed by atoms with Crippen LogP contribution in [0.5, 0.6) is 0 Å². The fourth-order valence-electron chi connectivity index (χ4n) is 3.73. The van der Waals surface area contributed by atoms with Gasteiger partial charge in [-0.15, -0.1) is 0 Å². The Morgan fingerprint density at radius 3 is 2.22 bits per heavy atom. The minimum absolute atomic E-state index is 0.201. The molecule has 136 valence electrons. The minimum Gasteiger partial charge on any atom is -0.303 e. The molecule has 1 aromatic carbocycles. The van der Waals surface area contributed by atoms with Crippen LogP contribution < -0.4 is 0 Å². The van der Waals surface area contributed by atoms with Crippen molar-refractivity contribution in [2.24, 2.45) is 0 Å². The second-order valence-corrected chi connectivity index (χ2v) is 7.15. The highest BCUT2D eigenvalue weighted by molar-refractivity contribution is 6.41. The number of carbonyl (C=O) groups is 2. The quantitative estimate of drug-likeness (QED) is 0.516. The molecule has 4 rings (SSSR count). The first-order valence-electron chi connectivity index (χ1n) is 9.03. The Kier molecular flexibility index (Phi) is 3.95. The van der Waals surface area contributed by atoms with Gasteiger partial charge in [-0.1, -0.05) is 24.3 Å². The van der Waals surface area contributed by atoms with E-state index in [1.807, 2.05) is 30.7 Å². The highest BCUT2D eigenvalue weighted by Crippen LogP contribution is 2.30. The van der Waals surface area contributed by atoms with E-state index in [-0.39, 0.29) is 23.2 Å². The monoisotopic (exact) mass is 359 g/mol. The Hall–Kier alpha value is -3.21. The lowest BCUT2D eigenvalue weighted by Gasteiger charge is -2.15. The third-order valence-corrected chi connectivity index (χ3v) is 5.04. The lowest BCUT2D eigenvalue weighted by Crippen LogP contribution is -2.11. The predicted molar refractivity (Wildman–Crippen MR) is 104 cm³/mol. The van der Waals surface area contributed by atoms with Crippen LogP contribution in [0.1, 0.15) is 57.6 Å². The van der Waals surface area contributed by atoms with Gasteiger partial charge in [-0.05, 0) is 45.4 Å². The Bertz CT molecular complexity index is 1080. The summed E-state index contributed by atoms with van der Waals surface area (Å²) in [6.45, 7) is 8.18. The maximum absolute atomic E-state index is 12.7. The number of allylic oxidation sites excluding steroid dienone is 1. The molecule has 0 spiro atoms. The molecule has 0 fully saturated rings. The van der Waals surface area contributed by atoms with Gasteiger partial charge >= 0.3 is 0 Å². The topological polar surface area (TPSA) is 56.9 Å². The van der Waals surface area contributed by atoms with Gasteiger partial charge in [0.25, 0.3) is 0 Å². The molecule has 2 aromatic heterocycles.